The fraction of sp³-hybridized carbons (Fsp3) is 0.0909. The molecule has 30 heavy (non-hydrogen) atoms. The van der Waals surface area contributed by atoms with Crippen LogP contribution in [0, 0.1) is 14.9 Å². The Morgan fingerprint density at radius 2 is 1.93 bits per heavy atom. The van der Waals surface area contributed by atoms with Crippen LogP contribution in [0.15, 0.2) is 70.5 Å². The maximum atomic E-state index is 12.8. The van der Waals surface area contributed by atoms with Crippen LogP contribution in [0.25, 0.3) is 0 Å². The highest BCUT2D eigenvalue weighted by Gasteiger charge is 2.27. The Morgan fingerprint density at radius 3 is 2.57 bits per heavy atom. The van der Waals surface area contributed by atoms with Gasteiger partial charge in [0.2, 0.25) is 0 Å². The summed E-state index contributed by atoms with van der Waals surface area (Å²) in [7, 11) is 1.52. The highest BCUT2D eigenvalue weighted by molar-refractivity contribution is 14.1. The second-order valence-corrected chi connectivity index (χ2v) is 8.81. The molecule has 1 amide bonds. The van der Waals surface area contributed by atoms with Gasteiger partial charge in [0.05, 0.1) is 27.8 Å². The largest absolute Gasteiger partial charge is 0.494 e. The zero-order chi connectivity index (χ0) is 21.7. The van der Waals surface area contributed by atoms with E-state index in [1.54, 1.807) is 28.8 Å². The molecular formula is C22H18IN3O2S2. The second kappa shape index (κ2) is 10.1. The Balaban J connectivity index is 0.000000269. The summed E-state index contributed by atoms with van der Waals surface area (Å²) in [6.45, 7) is 0. The van der Waals surface area contributed by atoms with Crippen LogP contribution in [-0.4, -0.2) is 18.9 Å². The predicted octanol–water partition coefficient (Wildman–Crippen LogP) is 5.44. The van der Waals surface area contributed by atoms with E-state index in [2.05, 4.69) is 41.3 Å². The van der Waals surface area contributed by atoms with E-state index in [0.717, 1.165) is 24.7 Å². The zero-order valence-corrected chi connectivity index (χ0v) is 19.9. The quantitative estimate of drug-likeness (QED) is 0.254. The molecule has 0 aliphatic carbocycles. The summed E-state index contributed by atoms with van der Waals surface area (Å²) in [5, 5.41) is 9.24. The van der Waals surface area contributed by atoms with Crippen LogP contribution in [0.4, 0.5) is 11.4 Å². The van der Waals surface area contributed by atoms with Gasteiger partial charge in [-0.05, 0) is 59.0 Å². The number of hydrogen-bond acceptors (Lipinski definition) is 6. The summed E-state index contributed by atoms with van der Waals surface area (Å²) in [6, 6.07) is 20.7. The number of nitrogen functional groups attached to an aromatic ring is 1. The molecule has 0 radical (unpaired) electrons. The summed E-state index contributed by atoms with van der Waals surface area (Å²) >= 11 is 7.79. The molecule has 0 fully saturated rings. The Labute approximate surface area is 198 Å². The van der Waals surface area contributed by atoms with Gasteiger partial charge in [0.25, 0.3) is 5.91 Å². The SMILES string of the molecule is COc1c(I)cc(C(=O)N2CSc3ccccc32)cc1C#N.Nc1ccccc1S. The van der Waals surface area contributed by atoms with Crippen LogP contribution >= 0.6 is 47.0 Å². The van der Waals surface area contributed by atoms with Crippen molar-refractivity contribution in [2.45, 2.75) is 9.79 Å². The third kappa shape index (κ3) is 4.86. The highest BCUT2D eigenvalue weighted by atomic mass is 127. The minimum atomic E-state index is -0.102. The number of benzene rings is 3. The van der Waals surface area contributed by atoms with Crippen molar-refractivity contribution < 1.29 is 9.53 Å². The number of rotatable bonds is 2. The van der Waals surface area contributed by atoms with E-state index in [-0.39, 0.29) is 5.91 Å². The highest BCUT2D eigenvalue weighted by Crippen LogP contribution is 2.39. The average Bonchev–Trinajstić information content (AvgIpc) is 3.19. The maximum absolute atomic E-state index is 12.8. The number of anilines is 2. The third-order valence-corrected chi connectivity index (χ3v) is 6.55. The standard InChI is InChI=1S/C16H11IN2O2S.C6H7NS/c1-21-15-11(8-18)6-10(7-12(15)17)16(20)19-9-22-14-5-3-2-4-13(14)19;7-5-3-1-2-4-6(5)8/h2-7H,9H2,1H3;1-4,8H,7H2. The van der Waals surface area contributed by atoms with Gasteiger partial charge in [-0.1, -0.05) is 24.3 Å². The van der Waals surface area contributed by atoms with Crippen LogP contribution in [-0.2, 0) is 0 Å². The Kier molecular flexibility index (Phi) is 7.53. The topological polar surface area (TPSA) is 79.3 Å². The number of methoxy groups -OCH3 is 1. The number of halogens is 1. The molecule has 3 aromatic carbocycles. The molecule has 0 bridgehead atoms. The number of hydrogen-bond donors (Lipinski definition) is 2. The Morgan fingerprint density at radius 1 is 1.23 bits per heavy atom. The van der Waals surface area contributed by atoms with Crippen molar-refractivity contribution in [2.24, 2.45) is 0 Å². The van der Waals surface area contributed by atoms with E-state index in [1.165, 1.54) is 7.11 Å². The van der Waals surface area contributed by atoms with Gasteiger partial charge in [-0.15, -0.1) is 24.4 Å². The number of para-hydroxylation sites is 2. The average molecular weight is 547 g/mol. The number of amides is 1. The monoisotopic (exact) mass is 547 g/mol. The number of ether oxygens (including phenoxy) is 1. The number of carbonyl (C=O) groups is 1. The van der Waals surface area contributed by atoms with Gasteiger partial charge in [0.1, 0.15) is 11.8 Å². The lowest BCUT2D eigenvalue weighted by molar-refractivity contribution is 0.0992. The van der Waals surface area contributed by atoms with Gasteiger partial charge in [-0.3, -0.25) is 9.69 Å². The fourth-order valence-electron chi connectivity index (χ4n) is 2.82. The van der Waals surface area contributed by atoms with Crippen LogP contribution in [0.5, 0.6) is 5.75 Å². The number of nitrogens with two attached hydrogens (primary N) is 1. The molecule has 1 aliphatic heterocycles. The summed E-state index contributed by atoms with van der Waals surface area (Å²) < 4.78 is 5.98. The summed E-state index contributed by atoms with van der Waals surface area (Å²) in [5.74, 6) is 0.994. The van der Waals surface area contributed by atoms with E-state index >= 15 is 0 Å². The first-order chi connectivity index (χ1) is 14.5. The Hall–Kier alpha value is -2.35. The van der Waals surface area contributed by atoms with Gasteiger partial charge < -0.3 is 10.5 Å². The number of nitrogens with zero attached hydrogens (tertiary/aromatic N) is 2. The van der Waals surface area contributed by atoms with Crippen molar-refractivity contribution in [2.75, 3.05) is 23.6 Å². The van der Waals surface area contributed by atoms with Crippen LogP contribution in [0.3, 0.4) is 0 Å². The van der Waals surface area contributed by atoms with Crippen molar-refractivity contribution in [3.05, 3.63) is 75.4 Å². The number of thioether (sulfide) groups is 1. The third-order valence-electron chi connectivity index (χ3n) is 4.30. The lowest BCUT2D eigenvalue weighted by Crippen LogP contribution is -2.28. The van der Waals surface area contributed by atoms with Crippen LogP contribution in [0.1, 0.15) is 15.9 Å². The predicted molar refractivity (Wildman–Crippen MR) is 133 cm³/mol. The molecule has 1 heterocycles. The molecule has 0 atom stereocenters. The summed E-state index contributed by atoms with van der Waals surface area (Å²) in [6.07, 6.45) is 0. The molecule has 0 aromatic heterocycles. The molecule has 0 saturated carbocycles. The van der Waals surface area contributed by atoms with Gasteiger partial charge in [0.15, 0.2) is 0 Å². The number of thiol groups is 1. The molecule has 4 rings (SSSR count). The van der Waals surface area contributed by atoms with E-state index < -0.39 is 0 Å². The van der Waals surface area contributed by atoms with E-state index in [1.807, 2.05) is 48.5 Å². The van der Waals surface area contributed by atoms with Gasteiger partial charge in [-0.25, -0.2) is 0 Å². The fourth-order valence-corrected chi connectivity index (χ4v) is 4.86. The van der Waals surface area contributed by atoms with E-state index in [4.69, 9.17) is 10.5 Å². The number of nitriles is 1. The van der Waals surface area contributed by atoms with Crippen LogP contribution < -0.4 is 15.4 Å². The molecule has 3 aromatic rings. The van der Waals surface area contributed by atoms with Crippen molar-refractivity contribution in [3.63, 3.8) is 0 Å². The first-order valence-electron chi connectivity index (χ1n) is 8.81. The molecule has 8 heteroatoms. The zero-order valence-electron chi connectivity index (χ0n) is 16.0. The maximum Gasteiger partial charge on any atom is 0.259 e. The molecule has 2 N–H and O–H groups in total. The van der Waals surface area contributed by atoms with E-state index in [0.29, 0.717) is 22.8 Å². The smallest absolute Gasteiger partial charge is 0.259 e. The van der Waals surface area contributed by atoms with Crippen molar-refractivity contribution in [1.82, 2.24) is 0 Å². The first kappa shape index (κ1) is 22.3. The van der Waals surface area contributed by atoms with E-state index in [9.17, 15) is 10.1 Å². The molecule has 0 spiro atoms. The minimum Gasteiger partial charge on any atom is -0.494 e. The van der Waals surface area contributed by atoms with Crippen molar-refractivity contribution in [3.8, 4) is 11.8 Å². The second-order valence-electron chi connectivity index (χ2n) is 6.18. The molecule has 1 aliphatic rings. The normalized spacial score (nSPS) is 11.7. The van der Waals surface area contributed by atoms with Gasteiger partial charge in [0, 0.05) is 21.0 Å². The van der Waals surface area contributed by atoms with Crippen molar-refractivity contribution in [1.29, 1.82) is 5.26 Å². The molecule has 5 nitrogen and oxygen atoms in total. The van der Waals surface area contributed by atoms with Gasteiger partial charge in [-0.2, -0.15) is 5.26 Å². The lowest BCUT2D eigenvalue weighted by Gasteiger charge is -2.17. The molecular weight excluding hydrogens is 529 g/mol. The first-order valence-corrected chi connectivity index (χ1v) is 11.3. The van der Waals surface area contributed by atoms with Crippen LogP contribution in [0.2, 0.25) is 0 Å². The number of carbonyl (C=O) groups excluding carboxylic acids is 1. The summed E-state index contributed by atoms with van der Waals surface area (Å²) in [5.41, 5.74) is 7.97. The molecule has 0 unspecified atom stereocenters. The van der Waals surface area contributed by atoms with Gasteiger partial charge >= 0.3 is 0 Å². The van der Waals surface area contributed by atoms with Crippen molar-refractivity contribution >= 4 is 64.3 Å². The minimum absolute atomic E-state index is 0.102. The molecule has 152 valence electrons. The number of fused-ring (bicyclic) bond motifs is 1. The lowest BCUT2D eigenvalue weighted by atomic mass is 10.1. The summed E-state index contributed by atoms with van der Waals surface area (Å²) in [4.78, 5) is 16.5. The molecule has 0 saturated heterocycles. The Bertz CT molecular complexity index is 1110.